The molecule has 2 amide bonds. The van der Waals surface area contributed by atoms with E-state index >= 15 is 0 Å². The van der Waals surface area contributed by atoms with Crippen molar-refractivity contribution in [3.05, 3.63) is 42.5 Å². The van der Waals surface area contributed by atoms with Crippen LogP contribution in [-0.4, -0.2) is 49.4 Å². The van der Waals surface area contributed by atoms with Gasteiger partial charge in [0.05, 0.1) is 17.9 Å². The highest BCUT2D eigenvalue weighted by atomic mass is 32.2. The van der Waals surface area contributed by atoms with Crippen LogP contribution < -0.4 is 14.8 Å². The van der Waals surface area contributed by atoms with E-state index in [1.54, 1.807) is 11.8 Å². The predicted molar refractivity (Wildman–Crippen MR) is 106 cm³/mol. The van der Waals surface area contributed by atoms with Gasteiger partial charge in [0, 0.05) is 35.0 Å². The van der Waals surface area contributed by atoms with Crippen molar-refractivity contribution < 1.29 is 19.0 Å². The molecule has 2 aromatic carbocycles. The van der Waals surface area contributed by atoms with E-state index in [2.05, 4.69) is 5.32 Å². The molecule has 0 saturated carbocycles. The van der Waals surface area contributed by atoms with Gasteiger partial charge in [0.1, 0.15) is 13.2 Å². The van der Waals surface area contributed by atoms with Gasteiger partial charge in [-0.15, -0.1) is 0 Å². The van der Waals surface area contributed by atoms with Crippen LogP contribution in [0.4, 0.5) is 10.5 Å². The van der Waals surface area contributed by atoms with Crippen molar-refractivity contribution in [3.8, 4) is 11.5 Å². The quantitative estimate of drug-likeness (QED) is 0.847. The number of likely N-dealkylation sites (tertiary alicyclic amines) is 1. The Kier molecular flexibility index (Phi) is 4.78. The highest BCUT2D eigenvalue weighted by Gasteiger charge is 2.36. The molecule has 2 fully saturated rings. The molecule has 0 spiro atoms. The summed E-state index contributed by atoms with van der Waals surface area (Å²) < 4.78 is 17.3. The number of nitrogens with one attached hydrogen (secondary N) is 1. The van der Waals surface area contributed by atoms with Gasteiger partial charge in [-0.3, -0.25) is 0 Å². The zero-order chi connectivity index (χ0) is 18.9. The molecule has 1 N–H and O–H groups in total. The first kappa shape index (κ1) is 17.7. The highest BCUT2D eigenvalue weighted by molar-refractivity contribution is 7.99. The molecule has 6 nitrogen and oxygen atoms in total. The first-order valence-corrected chi connectivity index (χ1v) is 10.4. The van der Waals surface area contributed by atoms with Crippen LogP contribution in [-0.2, 0) is 4.74 Å². The van der Waals surface area contributed by atoms with Crippen molar-refractivity contribution >= 4 is 23.5 Å². The Hall–Kier alpha value is -2.38. The van der Waals surface area contributed by atoms with Crippen LogP contribution in [0.15, 0.2) is 52.3 Å². The van der Waals surface area contributed by atoms with Gasteiger partial charge >= 0.3 is 6.03 Å². The van der Waals surface area contributed by atoms with Crippen molar-refractivity contribution in [1.29, 1.82) is 0 Å². The third-order valence-corrected chi connectivity index (χ3v) is 6.25. The number of ether oxygens (including phenoxy) is 3. The summed E-state index contributed by atoms with van der Waals surface area (Å²) in [5.74, 6) is 1.38. The number of hydrogen-bond acceptors (Lipinski definition) is 5. The van der Waals surface area contributed by atoms with Crippen molar-refractivity contribution in [2.24, 2.45) is 0 Å². The van der Waals surface area contributed by atoms with Crippen LogP contribution in [0.5, 0.6) is 11.5 Å². The van der Waals surface area contributed by atoms with Crippen LogP contribution in [0.3, 0.4) is 0 Å². The van der Waals surface area contributed by atoms with E-state index in [0.717, 1.165) is 28.3 Å². The molecule has 7 heteroatoms. The topological polar surface area (TPSA) is 60.0 Å². The first-order chi connectivity index (χ1) is 13.7. The number of carbonyl (C=O) groups is 1. The van der Waals surface area contributed by atoms with E-state index < -0.39 is 0 Å². The van der Waals surface area contributed by atoms with Gasteiger partial charge in [0.2, 0.25) is 0 Å². The number of nitrogens with zero attached hydrogens (tertiary/aromatic N) is 1. The normalized spacial score (nSPS) is 22.8. The SMILES string of the molecule is O=C(Nc1cc2c(cc1Sc1ccccc1)OCCO2)N1CC2CCC(C1)O2. The van der Waals surface area contributed by atoms with Crippen molar-refractivity contribution in [2.45, 2.75) is 34.8 Å². The molecule has 3 heterocycles. The molecule has 0 aromatic heterocycles. The molecule has 2 unspecified atom stereocenters. The first-order valence-electron chi connectivity index (χ1n) is 9.62. The number of carbonyl (C=O) groups excluding carboxylic acids is 1. The molecule has 3 aliphatic heterocycles. The second kappa shape index (κ2) is 7.56. The zero-order valence-corrected chi connectivity index (χ0v) is 16.2. The molecule has 5 rings (SSSR count). The number of hydrogen-bond donors (Lipinski definition) is 1. The van der Waals surface area contributed by atoms with Gasteiger partial charge in [-0.2, -0.15) is 0 Å². The number of fused-ring (bicyclic) bond motifs is 3. The summed E-state index contributed by atoms with van der Waals surface area (Å²) in [4.78, 5) is 16.8. The van der Waals surface area contributed by atoms with Gasteiger partial charge < -0.3 is 24.4 Å². The molecule has 2 saturated heterocycles. The largest absolute Gasteiger partial charge is 0.486 e. The minimum absolute atomic E-state index is 0.0909. The lowest BCUT2D eigenvalue weighted by molar-refractivity contribution is -0.0219. The maximum atomic E-state index is 12.9. The van der Waals surface area contributed by atoms with Crippen molar-refractivity contribution in [3.63, 3.8) is 0 Å². The third-order valence-electron chi connectivity index (χ3n) is 5.19. The van der Waals surface area contributed by atoms with Crippen molar-refractivity contribution in [1.82, 2.24) is 4.90 Å². The number of benzene rings is 2. The lowest BCUT2D eigenvalue weighted by Gasteiger charge is -2.32. The van der Waals surface area contributed by atoms with Crippen LogP contribution in [0.2, 0.25) is 0 Å². The highest BCUT2D eigenvalue weighted by Crippen LogP contribution is 2.42. The predicted octanol–water partition coefficient (Wildman–Crippen LogP) is 4.00. The molecule has 0 aliphatic carbocycles. The van der Waals surface area contributed by atoms with E-state index in [-0.39, 0.29) is 18.2 Å². The monoisotopic (exact) mass is 398 g/mol. The summed E-state index contributed by atoms with van der Waals surface area (Å²) in [6, 6.07) is 13.8. The Morgan fingerprint density at radius 3 is 2.39 bits per heavy atom. The van der Waals surface area contributed by atoms with Crippen LogP contribution in [0.1, 0.15) is 12.8 Å². The third kappa shape index (κ3) is 3.64. The second-order valence-corrected chi connectivity index (χ2v) is 8.32. The summed E-state index contributed by atoms with van der Waals surface area (Å²) in [7, 11) is 0. The molecule has 0 radical (unpaired) electrons. The molecule has 146 valence electrons. The number of rotatable bonds is 3. The van der Waals surface area contributed by atoms with Gasteiger partial charge in [-0.05, 0) is 25.0 Å². The summed E-state index contributed by atoms with van der Waals surface area (Å²) in [5, 5.41) is 3.09. The number of morpholine rings is 1. The Labute approximate surface area is 168 Å². The minimum atomic E-state index is -0.0909. The fourth-order valence-electron chi connectivity index (χ4n) is 3.84. The maximum Gasteiger partial charge on any atom is 0.322 e. The standard InChI is InChI=1S/C21H22N2O4S/c24-21(23-12-14-6-7-15(13-23)27-14)22-17-10-18-19(26-9-8-25-18)11-20(17)28-16-4-2-1-3-5-16/h1-5,10-11,14-15H,6-9,12-13H2,(H,22,24). The molecule has 28 heavy (non-hydrogen) atoms. The lowest BCUT2D eigenvalue weighted by atomic mass is 10.2. The number of urea groups is 1. The molecule has 2 bridgehead atoms. The Morgan fingerprint density at radius 2 is 1.68 bits per heavy atom. The molecular weight excluding hydrogens is 376 g/mol. The summed E-state index contributed by atoms with van der Waals surface area (Å²) in [6.45, 7) is 2.34. The van der Waals surface area contributed by atoms with Gasteiger partial charge in [-0.25, -0.2) is 4.79 Å². The van der Waals surface area contributed by atoms with Gasteiger partial charge in [0.15, 0.2) is 11.5 Å². The summed E-state index contributed by atoms with van der Waals surface area (Å²) >= 11 is 1.60. The summed E-state index contributed by atoms with van der Waals surface area (Å²) in [6.07, 6.45) is 2.41. The fourth-order valence-corrected chi connectivity index (χ4v) is 4.78. The minimum Gasteiger partial charge on any atom is -0.486 e. The Morgan fingerprint density at radius 1 is 1.00 bits per heavy atom. The van der Waals surface area contributed by atoms with E-state index in [9.17, 15) is 4.79 Å². The van der Waals surface area contributed by atoms with E-state index in [0.29, 0.717) is 37.8 Å². The lowest BCUT2D eigenvalue weighted by Crippen LogP contribution is -2.47. The Bertz CT molecular complexity index is 864. The molecule has 2 atom stereocenters. The van der Waals surface area contributed by atoms with E-state index in [1.807, 2.05) is 47.4 Å². The Balaban J connectivity index is 1.41. The van der Waals surface area contributed by atoms with E-state index in [1.165, 1.54) is 0 Å². The van der Waals surface area contributed by atoms with Gasteiger partial charge in [-0.1, -0.05) is 30.0 Å². The smallest absolute Gasteiger partial charge is 0.322 e. The zero-order valence-electron chi connectivity index (χ0n) is 15.4. The van der Waals surface area contributed by atoms with Crippen molar-refractivity contribution in [2.75, 3.05) is 31.6 Å². The van der Waals surface area contributed by atoms with E-state index in [4.69, 9.17) is 14.2 Å². The molecule has 3 aliphatic rings. The van der Waals surface area contributed by atoms with Crippen LogP contribution in [0, 0.1) is 0 Å². The molecular formula is C21H22N2O4S. The fraction of sp³-hybridized carbons (Fsp3) is 0.381. The number of anilines is 1. The molecule has 2 aromatic rings. The second-order valence-electron chi connectivity index (χ2n) is 7.20. The average molecular weight is 398 g/mol. The van der Waals surface area contributed by atoms with Gasteiger partial charge in [0.25, 0.3) is 0 Å². The van der Waals surface area contributed by atoms with Crippen LogP contribution in [0.25, 0.3) is 0 Å². The number of amides is 2. The summed E-state index contributed by atoms with van der Waals surface area (Å²) in [5.41, 5.74) is 0.738. The maximum absolute atomic E-state index is 12.9. The average Bonchev–Trinajstić information content (AvgIpc) is 3.06. The van der Waals surface area contributed by atoms with Crippen LogP contribution >= 0.6 is 11.8 Å².